The Hall–Kier alpha value is -1.97. The highest BCUT2D eigenvalue weighted by atomic mass is 35.5. The Morgan fingerprint density at radius 1 is 1.09 bits per heavy atom. The fourth-order valence-corrected chi connectivity index (χ4v) is 2.91. The molecule has 0 fully saturated rings. The number of carbonyl (C=O) groups is 1. The molecule has 118 valence electrons. The fourth-order valence-electron chi connectivity index (χ4n) is 2.61. The van der Waals surface area contributed by atoms with Gasteiger partial charge < -0.3 is 10.3 Å². The molecule has 0 aliphatic rings. The molecule has 1 aromatic heterocycles. The van der Waals surface area contributed by atoms with Gasteiger partial charge in [0.2, 0.25) is 5.91 Å². The topological polar surface area (TPSA) is 44.9 Å². The van der Waals surface area contributed by atoms with Crippen molar-refractivity contribution < 1.29 is 4.79 Å². The van der Waals surface area contributed by atoms with Gasteiger partial charge in [0.05, 0.1) is 6.42 Å². The van der Waals surface area contributed by atoms with E-state index < -0.39 is 0 Å². The van der Waals surface area contributed by atoms with Crippen molar-refractivity contribution >= 4 is 40.0 Å². The third-order valence-corrected chi connectivity index (χ3v) is 4.31. The molecule has 23 heavy (non-hydrogen) atoms. The van der Waals surface area contributed by atoms with Crippen LogP contribution in [0, 0.1) is 6.92 Å². The van der Waals surface area contributed by atoms with Gasteiger partial charge >= 0.3 is 0 Å². The Bertz CT molecular complexity index is 853. The average Bonchev–Trinajstić information content (AvgIpc) is 2.82. The molecule has 2 N–H and O–H groups in total. The monoisotopic (exact) mass is 346 g/mol. The summed E-state index contributed by atoms with van der Waals surface area (Å²) < 4.78 is 0. The van der Waals surface area contributed by atoms with Gasteiger partial charge in [0.15, 0.2) is 0 Å². The number of rotatable bonds is 4. The second-order valence-corrected chi connectivity index (χ2v) is 6.37. The van der Waals surface area contributed by atoms with Gasteiger partial charge in [-0.25, -0.2) is 0 Å². The van der Waals surface area contributed by atoms with Gasteiger partial charge in [0, 0.05) is 33.2 Å². The maximum Gasteiger partial charge on any atom is 0.224 e. The molecule has 1 amide bonds. The van der Waals surface area contributed by atoms with Crippen molar-refractivity contribution in [2.75, 3.05) is 0 Å². The Balaban J connectivity index is 1.71. The third kappa shape index (κ3) is 3.69. The number of amides is 1. The first-order valence-electron chi connectivity index (χ1n) is 7.31. The summed E-state index contributed by atoms with van der Waals surface area (Å²) in [5, 5.41) is 5.28. The van der Waals surface area contributed by atoms with Crippen molar-refractivity contribution in [1.82, 2.24) is 10.3 Å². The van der Waals surface area contributed by atoms with Gasteiger partial charge in [-0.1, -0.05) is 35.3 Å². The first-order valence-corrected chi connectivity index (χ1v) is 8.06. The zero-order chi connectivity index (χ0) is 16.4. The maximum absolute atomic E-state index is 12.2. The van der Waals surface area contributed by atoms with E-state index >= 15 is 0 Å². The predicted octanol–water partition coefficient (Wildman–Crippen LogP) is 4.64. The molecule has 0 saturated carbocycles. The van der Waals surface area contributed by atoms with E-state index in [9.17, 15) is 4.79 Å². The Kier molecular flexibility index (Phi) is 4.60. The van der Waals surface area contributed by atoms with Crippen molar-refractivity contribution in [2.24, 2.45) is 0 Å². The molecule has 0 aliphatic heterocycles. The minimum atomic E-state index is -0.0241. The van der Waals surface area contributed by atoms with Crippen molar-refractivity contribution in [3.05, 3.63) is 69.3 Å². The summed E-state index contributed by atoms with van der Waals surface area (Å²) in [6.45, 7) is 2.45. The number of aryl methyl sites for hydroxylation is 1. The number of benzene rings is 2. The highest BCUT2D eigenvalue weighted by Gasteiger charge is 2.12. The van der Waals surface area contributed by atoms with Crippen LogP contribution in [0.5, 0.6) is 0 Å². The van der Waals surface area contributed by atoms with Crippen LogP contribution in [-0.2, 0) is 17.8 Å². The van der Waals surface area contributed by atoms with E-state index in [1.165, 1.54) is 0 Å². The summed E-state index contributed by atoms with van der Waals surface area (Å²) in [6, 6.07) is 13.1. The molecular formula is C18H16Cl2N2O. The SMILES string of the molecule is Cc1[nH]c2ccc(Cl)cc2c1CC(=O)NCc1ccc(Cl)cc1. The predicted molar refractivity (Wildman–Crippen MR) is 95.0 cm³/mol. The van der Waals surface area contributed by atoms with Crippen LogP contribution >= 0.6 is 23.2 Å². The van der Waals surface area contributed by atoms with E-state index in [1.807, 2.05) is 49.4 Å². The molecule has 3 nitrogen and oxygen atoms in total. The highest BCUT2D eigenvalue weighted by molar-refractivity contribution is 6.31. The van der Waals surface area contributed by atoms with E-state index in [4.69, 9.17) is 23.2 Å². The number of carbonyl (C=O) groups excluding carboxylic acids is 1. The van der Waals surface area contributed by atoms with Crippen molar-refractivity contribution in [3.8, 4) is 0 Å². The largest absolute Gasteiger partial charge is 0.358 e. The van der Waals surface area contributed by atoms with E-state index in [0.717, 1.165) is 27.7 Å². The zero-order valence-electron chi connectivity index (χ0n) is 12.6. The second kappa shape index (κ2) is 6.65. The Morgan fingerprint density at radius 3 is 2.52 bits per heavy atom. The number of nitrogens with one attached hydrogen (secondary N) is 2. The van der Waals surface area contributed by atoms with Crippen LogP contribution in [-0.4, -0.2) is 10.9 Å². The van der Waals surface area contributed by atoms with Gasteiger partial charge in [-0.3, -0.25) is 4.79 Å². The van der Waals surface area contributed by atoms with Gasteiger partial charge in [0.25, 0.3) is 0 Å². The van der Waals surface area contributed by atoms with Crippen LogP contribution in [0.25, 0.3) is 10.9 Å². The van der Waals surface area contributed by atoms with E-state index in [-0.39, 0.29) is 5.91 Å². The Morgan fingerprint density at radius 2 is 1.78 bits per heavy atom. The number of H-pyrrole nitrogens is 1. The van der Waals surface area contributed by atoms with Gasteiger partial charge in [-0.05, 0) is 48.4 Å². The van der Waals surface area contributed by atoms with E-state index in [2.05, 4.69) is 10.3 Å². The van der Waals surface area contributed by atoms with Gasteiger partial charge in [-0.2, -0.15) is 0 Å². The molecule has 5 heteroatoms. The standard InChI is InChI=1S/C18H16Cl2N2O/c1-11-15(16-8-14(20)6-7-17(16)22-11)9-18(23)21-10-12-2-4-13(19)5-3-12/h2-8,22H,9-10H2,1H3,(H,21,23). The molecule has 3 rings (SSSR count). The first-order chi connectivity index (χ1) is 11.0. The molecule has 1 heterocycles. The molecule has 3 aromatic rings. The van der Waals surface area contributed by atoms with Crippen LogP contribution in [0.3, 0.4) is 0 Å². The molecule has 0 atom stereocenters. The molecular weight excluding hydrogens is 331 g/mol. The summed E-state index contributed by atoms with van der Waals surface area (Å²) in [6.07, 6.45) is 0.319. The Labute approximate surface area is 144 Å². The summed E-state index contributed by atoms with van der Waals surface area (Å²) in [5.41, 5.74) is 3.98. The normalized spacial score (nSPS) is 10.9. The molecule has 0 spiro atoms. The van der Waals surface area contributed by atoms with Gasteiger partial charge in [-0.15, -0.1) is 0 Å². The lowest BCUT2D eigenvalue weighted by Gasteiger charge is -2.06. The minimum absolute atomic E-state index is 0.0241. The quantitative estimate of drug-likeness (QED) is 0.709. The lowest BCUT2D eigenvalue weighted by atomic mass is 10.1. The zero-order valence-corrected chi connectivity index (χ0v) is 14.1. The summed E-state index contributed by atoms with van der Waals surface area (Å²) >= 11 is 11.9. The van der Waals surface area contributed by atoms with Crippen molar-refractivity contribution in [2.45, 2.75) is 19.9 Å². The fraction of sp³-hybridized carbons (Fsp3) is 0.167. The molecule has 0 unspecified atom stereocenters. The van der Waals surface area contributed by atoms with Gasteiger partial charge in [0.1, 0.15) is 0 Å². The molecule has 0 saturated heterocycles. The lowest BCUT2D eigenvalue weighted by molar-refractivity contribution is -0.120. The highest BCUT2D eigenvalue weighted by Crippen LogP contribution is 2.25. The summed E-state index contributed by atoms with van der Waals surface area (Å²) in [4.78, 5) is 15.5. The molecule has 0 aliphatic carbocycles. The number of halogens is 2. The number of hydrogen-bond donors (Lipinski definition) is 2. The van der Waals surface area contributed by atoms with Crippen LogP contribution in [0.15, 0.2) is 42.5 Å². The minimum Gasteiger partial charge on any atom is -0.358 e. The van der Waals surface area contributed by atoms with Crippen molar-refractivity contribution in [3.63, 3.8) is 0 Å². The van der Waals surface area contributed by atoms with E-state index in [0.29, 0.717) is 23.0 Å². The van der Waals surface area contributed by atoms with E-state index in [1.54, 1.807) is 0 Å². The molecule has 0 bridgehead atoms. The smallest absolute Gasteiger partial charge is 0.224 e. The molecule has 2 aromatic carbocycles. The van der Waals surface area contributed by atoms with Crippen LogP contribution in [0.4, 0.5) is 0 Å². The third-order valence-electron chi connectivity index (χ3n) is 3.82. The summed E-state index contributed by atoms with van der Waals surface area (Å²) in [7, 11) is 0. The van der Waals surface area contributed by atoms with Crippen LogP contribution in [0.2, 0.25) is 10.0 Å². The number of aromatic amines is 1. The first kappa shape index (κ1) is 15.9. The molecule has 0 radical (unpaired) electrons. The number of aromatic nitrogens is 1. The second-order valence-electron chi connectivity index (χ2n) is 5.50. The average molecular weight is 347 g/mol. The van der Waals surface area contributed by atoms with Crippen molar-refractivity contribution in [1.29, 1.82) is 0 Å². The lowest BCUT2D eigenvalue weighted by Crippen LogP contribution is -2.24. The number of hydrogen-bond acceptors (Lipinski definition) is 1. The van der Waals surface area contributed by atoms with Crippen LogP contribution in [0.1, 0.15) is 16.8 Å². The van der Waals surface area contributed by atoms with Crippen LogP contribution < -0.4 is 5.32 Å². The number of fused-ring (bicyclic) bond motifs is 1. The summed E-state index contributed by atoms with van der Waals surface area (Å²) in [5.74, 6) is -0.0241. The maximum atomic E-state index is 12.2.